The molecule has 0 aliphatic carbocycles. The standard InChI is InChI=1S/C17H26BrN3/c1-13-10-20-7-3-4-16(20)12-21(13)11-15-6-5-14(9-19-2)8-17(15)18/h5-6,8,13,16,19H,3-4,7,9-12H2,1-2H3. The van der Waals surface area contributed by atoms with Crippen LogP contribution in [0, 0.1) is 0 Å². The Kier molecular flexibility index (Phi) is 4.99. The zero-order valence-electron chi connectivity index (χ0n) is 13.1. The Morgan fingerprint density at radius 1 is 1.33 bits per heavy atom. The molecule has 0 radical (unpaired) electrons. The van der Waals surface area contributed by atoms with Gasteiger partial charge in [0.1, 0.15) is 0 Å². The summed E-state index contributed by atoms with van der Waals surface area (Å²) in [6.45, 7) is 8.14. The molecule has 0 aromatic heterocycles. The quantitative estimate of drug-likeness (QED) is 0.899. The van der Waals surface area contributed by atoms with Crippen molar-refractivity contribution in [2.75, 3.05) is 26.7 Å². The highest BCUT2D eigenvalue weighted by molar-refractivity contribution is 9.10. The third-order valence-electron chi connectivity index (χ3n) is 4.94. The van der Waals surface area contributed by atoms with Crippen LogP contribution in [0.4, 0.5) is 0 Å². The van der Waals surface area contributed by atoms with Crippen molar-refractivity contribution in [2.45, 2.75) is 44.9 Å². The second-order valence-electron chi connectivity index (χ2n) is 6.53. The van der Waals surface area contributed by atoms with Gasteiger partial charge in [-0.3, -0.25) is 9.80 Å². The summed E-state index contributed by atoms with van der Waals surface area (Å²) in [7, 11) is 1.99. The monoisotopic (exact) mass is 351 g/mol. The second kappa shape index (κ2) is 6.78. The van der Waals surface area contributed by atoms with Crippen molar-refractivity contribution in [3.8, 4) is 0 Å². The van der Waals surface area contributed by atoms with E-state index < -0.39 is 0 Å². The third-order valence-corrected chi connectivity index (χ3v) is 5.68. The molecule has 1 aromatic carbocycles. The summed E-state index contributed by atoms with van der Waals surface area (Å²) < 4.78 is 1.25. The Morgan fingerprint density at radius 2 is 2.19 bits per heavy atom. The summed E-state index contributed by atoms with van der Waals surface area (Å²) in [5.41, 5.74) is 2.75. The first-order chi connectivity index (χ1) is 10.2. The predicted octanol–water partition coefficient (Wildman–Crippen LogP) is 2.84. The van der Waals surface area contributed by atoms with Gasteiger partial charge in [-0.15, -0.1) is 0 Å². The lowest BCUT2D eigenvalue weighted by Crippen LogP contribution is -2.54. The average Bonchev–Trinajstić information content (AvgIpc) is 2.89. The van der Waals surface area contributed by atoms with Crippen molar-refractivity contribution in [1.29, 1.82) is 0 Å². The lowest BCUT2D eigenvalue weighted by molar-refractivity contribution is 0.0539. The Hall–Kier alpha value is -0.420. The lowest BCUT2D eigenvalue weighted by atomic mass is 10.1. The largest absolute Gasteiger partial charge is 0.316 e. The van der Waals surface area contributed by atoms with E-state index in [4.69, 9.17) is 0 Å². The molecule has 3 rings (SSSR count). The molecule has 0 saturated carbocycles. The van der Waals surface area contributed by atoms with Crippen LogP contribution >= 0.6 is 15.9 Å². The van der Waals surface area contributed by atoms with Crippen LogP contribution in [-0.4, -0.2) is 48.6 Å². The first-order valence-electron chi connectivity index (χ1n) is 8.07. The SMILES string of the molecule is CNCc1ccc(CN2CC3CCCN3CC2C)c(Br)c1. The van der Waals surface area contributed by atoms with E-state index in [1.807, 2.05) is 7.05 Å². The summed E-state index contributed by atoms with van der Waals surface area (Å²) >= 11 is 3.76. The van der Waals surface area contributed by atoms with E-state index in [1.165, 1.54) is 48.1 Å². The van der Waals surface area contributed by atoms with Crippen LogP contribution in [0.2, 0.25) is 0 Å². The molecule has 2 aliphatic rings. The Morgan fingerprint density at radius 3 is 2.95 bits per heavy atom. The fourth-order valence-electron chi connectivity index (χ4n) is 3.72. The molecule has 2 aliphatic heterocycles. The number of nitrogens with zero attached hydrogens (tertiary/aromatic N) is 2. The van der Waals surface area contributed by atoms with E-state index in [-0.39, 0.29) is 0 Å². The van der Waals surface area contributed by atoms with E-state index in [0.29, 0.717) is 6.04 Å². The minimum absolute atomic E-state index is 0.656. The van der Waals surface area contributed by atoms with Gasteiger partial charge in [0.25, 0.3) is 0 Å². The van der Waals surface area contributed by atoms with Crippen molar-refractivity contribution in [1.82, 2.24) is 15.1 Å². The average molecular weight is 352 g/mol. The second-order valence-corrected chi connectivity index (χ2v) is 7.38. The minimum atomic E-state index is 0.656. The van der Waals surface area contributed by atoms with Crippen LogP contribution in [0.15, 0.2) is 22.7 Å². The molecular formula is C17H26BrN3. The van der Waals surface area contributed by atoms with Crippen molar-refractivity contribution >= 4 is 15.9 Å². The number of fused-ring (bicyclic) bond motifs is 1. The van der Waals surface area contributed by atoms with Crippen molar-refractivity contribution < 1.29 is 0 Å². The molecule has 2 saturated heterocycles. The maximum Gasteiger partial charge on any atom is 0.0248 e. The first kappa shape index (κ1) is 15.5. The van der Waals surface area contributed by atoms with Gasteiger partial charge in [-0.1, -0.05) is 28.1 Å². The number of halogens is 1. The Balaban J connectivity index is 1.68. The van der Waals surface area contributed by atoms with Crippen molar-refractivity contribution in [3.63, 3.8) is 0 Å². The number of hydrogen-bond donors (Lipinski definition) is 1. The van der Waals surface area contributed by atoms with Crippen molar-refractivity contribution in [3.05, 3.63) is 33.8 Å². The Bertz CT molecular complexity index is 491. The number of benzene rings is 1. The van der Waals surface area contributed by atoms with Gasteiger partial charge >= 0.3 is 0 Å². The molecule has 4 heteroatoms. The smallest absolute Gasteiger partial charge is 0.0248 e. The molecule has 116 valence electrons. The topological polar surface area (TPSA) is 18.5 Å². The molecular weight excluding hydrogens is 326 g/mol. The van der Waals surface area contributed by atoms with Gasteiger partial charge in [-0.2, -0.15) is 0 Å². The molecule has 2 atom stereocenters. The van der Waals surface area contributed by atoms with Crippen LogP contribution < -0.4 is 5.32 Å². The van der Waals surface area contributed by atoms with Gasteiger partial charge in [0.15, 0.2) is 0 Å². The molecule has 2 fully saturated rings. The highest BCUT2D eigenvalue weighted by atomic mass is 79.9. The zero-order chi connectivity index (χ0) is 14.8. The van der Waals surface area contributed by atoms with Gasteiger partial charge < -0.3 is 5.32 Å². The fourth-order valence-corrected chi connectivity index (χ4v) is 4.27. The summed E-state index contributed by atoms with van der Waals surface area (Å²) in [5, 5.41) is 3.21. The van der Waals surface area contributed by atoms with Gasteiger partial charge in [0.2, 0.25) is 0 Å². The summed E-state index contributed by atoms with van der Waals surface area (Å²) in [5.74, 6) is 0. The first-order valence-corrected chi connectivity index (χ1v) is 8.86. The highest BCUT2D eigenvalue weighted by Crippen LogP contribution is 2.27. The molecule has 0 amide bonds. The molecule has 21 heavy (non-hydrogen) atoms. The van der Waals surface area contributed by atoms with Gasteiger partial charge in [0.05, 0.1) is 0 Å². The third kappa shape index (κ3) is 3.50. The van der Waals surface area contributed by atoms with Gasteiger partial charge in [0, 0.05) is 42.7 Å². The van der Waals surface area contributed by atoms with Crippen LogP contribution in [0.3, 0.4) is 0 Å². The molecule has 1 aromatic rings. The van der Waals surface area contributed by atoms with E-state index in [2.05, 4.69) is 56.2 Å². The number of nitrogens with one attached hydrogen (secondary N) is 1. The van der Waals surface area contributed by atoms with Crippen LogP contribution in [0.1, 0.15) is 30.9 Å². The maximum absolute atomic E-state index is 3.76. The van der Waals surface area contributed by atoms with Crippen LogP contribution in [-0.2, 0) is 13.1 Å². The minimum Gasteiger partial charge on any atom is -0.316 e. The maximum atomic E-state index is 3.76. The van der Waals surface area contributed by atoms with E-state index in [1.54, 1.807) is 0 Å². The summed E-state index contributed by atoms with van der Waals surface area (Å²) in [6.07, 6.45) is 2.76. The Labute approximate surface area is 136 Å². The number of rotatable bonds is 4. The normalized spacial score (nSPS) is 27.0. The predicted molar refractivity (Wildman–Crippen MR) is 91.4 cm³/mol. The number of piperazine rings is 1. The van der Waals surface area contributed by atoms with Gasteiger partial charge in [-0.25, -0.2) is 0 Å². The molecule has 3 nitrogen and oxygen atoms in total. The number of hydrogen-bond acceptors (Lipinski definition) is 3. The van der Waals surface area contributed by atoms with E-state index in [0.717, 1.165) is 19.1 Å². The molecule has 2 unspecified atom stereocenters. The lowest BCUT2D eigenvalue weighted by Gasteiger charge is -2.42. The van der Waals surface area contributed by atoms with E-state index in [9.17, 15) is 0 Å². The molecule has 2 heterocycles. The van der Waals surface area contributed by atoms with Crippen molar-refractivity contribution in [2.24, 2.45) is 0 Å². The zero-order valence-corrected chi connectivity index (χ0v) is 14.7. The molecule has 0 spiro atoms. The van der Waals surface area contributed by atoms with Crippen LogP contribution in [0.5, 0.6) is 0 Å². The molecule has 0 bridgehead atoms. The van der Waals surface area contributed by atoms with Crippen LogP contribution in [0.25, 0.3) is 0 Å². The summed E-state index contributed by atoms with van der Waals surface area (Å²) in [4.78, 5) is 5.34. The van der Waals surface area contributed by atoms with Gasteiger partial charge in [-0.05, 0) is 50.6 Å². The summed E-state index contributed by atoms with van der Waals surface area (Å²) in [6, 6.07) is 8.23. The fraction of sp³-hybridized carbons (Fsp3) is 0.647. The van der Waals surface area contributed by atoms with E-state index >= 15 is 0 Å². The highest BCUT2D eigenvalue weighted by Gasteiger charge is 2.34. The molecule has 1 N–H and O–H groups in total.